The lowest BCUT2D eigenvalue weighted by molar-refractivity contribution is 0.0943. The molecule has 0 spiro atoms. The van der Waals surface area contributed by atoms with Gasteiger partial charge in [-0.3, -0.25) is 4.79 Å². The molecule has 1 aromatic carbocycles. The van der Waals surface area contributed by atoms with Crippen molar-refractivity contribution < 1.29 is 9.59 Å². The normalized spacial score (nSPS) is 12.2. The highest BCUT2D eigenvalue weighted by atomic mass is 16.2. The second-order valence-corrected chi connectivity index (χ2v) is 6.35. The second kappa shape index (κ2) is 8.46. The molecule has 8 nitrogen and oxygen atoms in total. The molecular weight excluding hydrogens is 320 g/mol. The molecule has 1 atom stereocenters. The SMILES string of the molecule is CC[C@H](C)NC(=O)NCCn1nnc2cc(C(=O)NC(C)C)ccc21. The number of nitrogens with zero attached hydrogens (tertiary/aromatic N) is 3. The number of fused-ring (bicyclic) bond motifs is 1. The molecule has 0 aliphatic heterocycles. The molecule has 25 heavy (non-hydrogen) atoms. The van der Waals surface area contributed by atoms with E-state index in [1.807, 2.05) is 33.8 Å². The average molecular weight is 346 g/mol. The Morgan fingerprint density at radius 2 is 1.96 bits per heavy atom. The molecule has 2 aromatic rings. The first-order chi connectivity index (χ1) is 11.9. The molecule has 0 bridgehead atoms. The molecule has 1 heterocycles. The third-order valence-electron chi connectivity index (χ3n) is 3.79. The van der Waals surface area contributed by atoms with E-state index in [0.29, 0.717) is 24.2 Å². The fraction of sp³-hybridized carbons (Fsp3) is 0.529. The Kier molecular flexibility index (Phi) is 6.32. The van der Waals surface area contributed by atoms with Crippen LogP contribution in [-0.2, 0) is 6.54 Å². The van der Waals surface area contributed by atoms with Crippen LogP contribution >= 0.6 is 0 Å². The molecule has 3 N–H and O–H groups in total. The van der Waals surface area contributed by atoms with Crippen molar-refractivity contribution in [1.29, 1.82) is 0 Å². The third kappa shape index (κ3) is 5.17. The number of carbonyl (C=O) groups excluding carboxylic acids is 2. The lowest BCUT2D eigenvalue weighted by Crippen LogP contribution is -2.41. The maximum atomic E-state index is 12.0. The predicted octanol–water partition coefficient (Wildman–Crippen LogP) is 1.67. The van der Waals surface area contributed by atoms with Crippen LogP contribution in [0.4, 0.5) is 4.79 Å². The Bertz CT molecular complexity index is 740. The van der Waals surface area contributed by atoms with Crippen LogP contribution in [0.3, 0.4) is 0 Å². The van der Waals surface area contributed by atoms with Crippen LogP contribution in [0.15, 0.2) is 18.2 Å². The van der Waals surface area contributed by atoms with Gasteiger partial charge in [0.1, 0.15) is 5.52 Å². The summed E-state index contributed by atoms with van der Waals surface area (Å²) in [4.78, 5) is 23.7. The molecule has 136 valence electrons. The smallest absolute Gasteiger partial charge is 0.315 e. The molecular formula is C17H26N6O2. The number of nitrogens with one attached hydrogen (secondary N) is 3. The summed E-state index contributed by atoms with van der Waals surface area (Å²) in [5.74, 6) is -0.130. The van der Waals surface area contributed by atoms with Gasteiger partial charge in [0.15, 0.2) is 0 Å². The number of carbonyl (C=O) groups is 2. The Morgan fingerprint density at radius 3 is 2.64 bits per heavy atom. The molecule has 0 unspecified atom stereocenters. The van der Waals surface area contributed by atoms with Crippen LogP contribution in [0.2, 0.25) is 0 Å². The summed E-state index contributed by atoms with van der Waals surface area (Å²) in [7, 11) is 0. The Balaban J connectivity index is 1.97. The van der Waals surface area contributed by atoms with Crippen molar-refractivity contribution in [3.8, 4) is 0 Å². The summed E-state index contributed by atoms with van der Waals surface area (Å²) < 4.78 is 1.71. The first-order valence-corrected chi connectivity index (χ1v) is 8.59. The minimum absolute atomic E-state index is 0.0755. The highest BCUT2D eigenvalue weighted by Crippen LogP contribution is 2.13. The molecule has 2 rings (SSSR count). The molecule has 0 saturated carbocycles. The van der Waals surface area contributed by atoms with Gasteiger partial charge in [0, 0.05) is 24.2 Å². The zero-order valence-corrected chi connectivity index (χ0v) is 15.2. The van der Waals surface area contributed by atoms with Crippen LogP contribution in [-0.4, -0.2) is 45.6 Å². The monoisotopic (exact) mass is 346 g/mol. The van der Waals surface area contributed by atoms with Gasteiger partial charge in [0.05, 0.1) is 12.1 Å². The minimum Gasteiger partial charge on any atom is -0.350 e. The van der Waals surface area contributed by atoms with Gasteiger partial charge in [-0.15, -0.1) is 5.10 Å². The number of aromatic nitrogens is 3. The van der Waals surface area contributed by atoms with E-state index in [4.69, 9.17) is 0 Å². The Labute approximate surface area is 147 Å². The molecule has 3 amide bonds. The van der Waals surface area contributed by atoms with Gasteiger partial charge in [-0.25, -0.2) is 9.48 Å². The van der Waals surface area contributed by atoms with Crippen LogP contribution in [0, 0.1) is 0 Å². The number of benzene rings is 1. The van der Waals surface area contributed by atoms with Crippen molar-refractivity contribution in [2.24, 2.45) is 0 Å². The summed E-state index contributed by atoms with van der Waals surface area (Å²) in [5, 5.41) is 16.7. The Morgan fingerprint density at radius 1 is 1.20 bits per heavy atom. The first-order valence-electron chi connectivity index (χ1n) is 8.59. The summed E-state index contributed by atoms with van der Waals surface area (Å²) in [6.07, 6.45) is 0.883. The zero-order valence-electron chi connectivity index (χ0n) is 15.2. The number of amides is 3. The topological polar surface area (TPSA) is 101 Å². The van der Waals surface area contributed by atoms with E-state index < -0.39 is 0 Å². The van der Waals surface area contributed by atoms with E-state index in [9.17, 15) is 9.59 Å². The van der Waals surface area contributed by atoms with Gasteiger partial charge in [-0.1, -0.05) is 12.1 Å². The number of urea groups is 1. The molecule has 0 fully saturated rings. The van der Waals surface area contributed by atoms with Gasteiger partial charge in [-0.2, -0.15) is 0 Å². The van der Waals surface area contributed by atoms with Crippen molar-refractivity contribution in [3.63, 3.8) is 0 Å². The molecule has 0 saturated heterocycles. The standard InChI is InChI=1S/C17H26N6O2/c1-5-12(4)20-17(25)18-8-9-23-15-7-6-13(10-14(15)21-22-23)16(24)19-11(2)3/h6-7,10-12H,5,8-9H2,1-4H3,(H,19,24)(H2,18,20,25)/t12-/m0/s1. The molecule has 0 aliphatic rings. The highest BCUT2D eigenvalue weighted by Gasteiger charge is 2.11. The molecule has 0 aliphatic carbocycles. The molecule has 8 heteroatoms. The average Bonchev–Trinajstić information content (AvgIpc) is 2.96. The van der Waals surface area contributed by atoms with Gasteiger partial charge in [0.25, 0.3) is 5.91 Å². The molecule has 1 aromatic heterocycles. The fourth-order valence-electron chi connectivity index (χ4n) is 2.28. The maximum absolute atomic E-state index is 12.0. The maximum Gasteiger partial charge on any atom is 0.315 e. The lowest BCUT2D eigenvalue weighted by Gasteiger charge is -2.12. The second-order valence-electron chi connectivity index (χ2n) is 6.35. The number of hydrogen-bond acceptors (Lipinski definition) is 4. The first kappa shape index (κ1) is 18.7. The van der Waals surface area contributed by atoms with Gasteiger partial charge >= 0.3 is 6.03 Å². The summed E-state index contributed by atoms with van der Waals surface area (Å²) in [6, 6.07) is 5.33. The highest BCUT2D eigenvalue weighted by molar-refractivity contribution is 5.97. The van der Waals surface area contributed by atoms with Crippen LogP contribution in [0.5, 0.6) is 0 Å². The van der Waals surface area contributed by atoms with E-state index in [0.717, 1.165) is 11.9 Å². The van der Waals surface area contributed by atoms with Crippen molar-refractivity contribution in [2.75, 3.05) is 6.54 Å². The van der Waals surface area contributed by atoms with Crippen LogP contribution < -0.4 is 16.0 Å². The summed E-state index contributed by atoms with van der Waals surface area (Å²) in [5.41, 5.74) is 2.03. The van der Waals surface area contributed by atoms with Crippen molar-refractivity contribution >= 4 is 23.0 Å². The predicted molar refractivity (Wildman–Crippen MR) is 96.4 cm³/mol. The van der Waals surface area contributed by atoms with Crippen molar-refractivity contribution in [3.05, 3.63) is 23.8 Å². The van der Waals surface area contributed by atoms with Crippen molar-refractivity contribution in [1.82, 2.24) is 30.9 Å². The van der Waals surface area contributed by atoms with Crippen LogP contribution in [0.1, 0.15) is 44.5 Å². The quantitative estimate of drug-likeness (QED) is 0.710. The lowest BCUT2D eigenvalue weighted by atomic mass is 10.2. The fourth-order valence-corrected chi connectivity index (χ4v) is 2.28. The Hall–Kier alpha value is -2.64. The van der Waals surface area contributed by atoms with E-state index in [1.54, 1.807) is 16.8 Å². The van der Waals surface area contributed by atoms with Gasteiger partial charge < -0.3 is 16.0 Å². The minimum atomic E-state index is -0.189. The number of hydrogen-bond donors (Lipinski definition) is 3. The molecule has 0 radical (unpaired) electrons. The third-order valence-corrected chi connectivity index (χ3v) is 3.79. The summed E-state index contributed by atoms with van der Waals surface area (Å²) in [6.45, 7) is 8.74. The van der Waals surface area contributed by atoms with E-state index >= 15 is 0 Å². The van der Waals surface area contributed by atoms with Crippen molar-refractivity contribution in [2.45, 2.75) is 52.7 Å². The van der Waals surface area contributed by atoms with Crippen LogP contribution in [0.25, 0.3) is 11.0 Å². The van der Waals surface area contributed by atoms with E-state index in [2.05, 4.69) is 26.3 Å². The van der Waals surface area contributed by atoms with Gasteiger partial charge in [-0.05, 0) is 45.4 Å². The zero-order chi connectivity index (χ0) is 18.4. The largest absolute Gasteiger partial charge is 0.350 e. The summed E-state index contributed by atoms with van der Waals surface area (Å²) >= 11 is 0. The van der Waals surface area contributed by atoms with E-state index in [-0.39, 0.29) is 24.0 Å². The van der Waals surface area contributed by atoms with Gasteiger partial charge in [0.2, 0.25) is 0 Å². The number of rotatable bonds is 7. The van der Waals surface area contributed by atoms with E-state index in [1.165, 1.54) is 0 Å².